The van der Waals surface area contributed by atoms with Crippen molar-refractivity contribution in [3.05, 3.63) is 70.0 Å². The molecule has 0 fully saturated rings. The molecule has 0 bridgehead atoms. The summed E-state index contributed by atoms with van der Waals surface area (Å²) in [5.74, 6) is -1.90. The van der Waals surface area contributed by atoms with E-state index in [2.05, 4.69) is 10.3 Å². The van der Waals surface area contributed by atoms with E-state index in [0.717, 1.165) is 11.3 Å². The first-order valence-corrected chi connectivity index (χ1v) is 9.46. The molecule has 1 unspecified atom stereocenters. The summed E-state index contributed by atoms with van der Waals surface area (Å²) in [4.78, 5) is 27.4. The van der Waals surface area contributed by atoms with Crippen LogP contribution in [0.4, 0.5) is 9.52 Å². The zero-order valence-electron chi connectivity index (χ0n) is 15.6. The Hall–Kier alpha value is -3.06. The first kappa shape index (κ1) is 19.7. The van der Waals surface area contributed by atoms with Gasteiger partial charge in [-0.25, -0.2) is 14.2 Å². The van der Waals surface area contributed by atoms with E-state index in [-0.39, 0.29) is 16.6 Å². The van der Waals surface area contributed by atoms with Gasteiger partial charge in [0.25, 0.3) is 0 Å². The number of aromatic nitrogens is 1. The normalized spacial score (nSPS) is 11.9. The lowest BCUT2D eigenvalue weighted by Gasteiger charge is -2.13. The molecular weight excluding hydrogens is 379 g/mol. The number of anilines is 1. The number of hydrogen-bond acceptors (Lipinski definition) is 5. The predicted octanol–water partition coefficient (Wildman–Crippen LogP) is 5.04. The van der Waals surface area contributed by atoms with Crippen LogP contribution in [0.3, 0.4) is 0 Å². The van der Waals surface area contributed by atoms with Crippen LogP contribution in [0.2, 0.25) is 0 Å². The molecule has 28 heavy (non-hydrogen) atoms. The van der Waals surface area contributed by atoms with Gasteiger partial charge < -0.3 is 10.4 Å². The van der Waals surface area contributed by atoms with Crippen molar-refractivity contribution in [3.8, 4) is 11.1 Å². The second-order valence-corrected chi connectivity index (χ2v) is 7.38. The van der Waals surface area contributed by atoms with E-state index in [4.69, 9.17) is 0 Å². The Labute approximate surface area is 165 Å². The molecule has 3 rings (SSSR count). The van der Waals surface area contributed by atoms with Gasteiger partial charge in [0.05, 0.1) is 5.69 Å². The van der Waals surface area contributed by atoms with E-state index < -0.39 is 11.8 Å². The molecule has 5 nitrogen and oxygen atoms in total. The first-order chi connectivity index (χ1) is 13.3. The highest BCUT2D eigenvalue weighted by atomic mass is 32.1. The zero-order chi connectivity index (χ0) is 20.4. The third-order valence-corrected chi connectivity index (χ3v) is 5.64. The fraction of sp³-hybridized carbons (Fsp3) is 0.190. The number of nitrogens with zero attached hydrogens (tertiary/aromatic N) is 1. The number of carbonyl (C=O) groups excluding carboxylic acids is 1. The number of carboxylic acids is 1. The van der Waals surface area contributed by atoms with E-state index >= 15 is 0 Å². The fourth-order valence-electron chi connectivity index (χ4n) is 2.96. The van der Waals surface area contributed by atoms with Crippen LogP contribution < -0.4 is 5.32 Å². The summed E-state index contributed by atoms with van der Waals surface area (Å²) in [6.07, 6.45) is 0. The summed E-state index contributed by atoms with van der Waals surface area (Å²) in [6, 6.07) is 11.6. The lowest BCUT2D eigenvalue weighted by Crippen LogP contribution is -2.05. The van der Waals surface area contributed by atoms with Crippen LogP contribution in [0.25, 0.3) is 11.1 Å². The Balaban J connectivity index is 1.95. The minimum absolute atomic E-state index is 0.0466. The third-order valence-electron chi connectivity index (χ3n) is 4.57. The van der Waals surface area contributed by atoms with Crippen LogP contribution in [0, 0.1) is 5.82 Å². The molecule has 3 aromatic rings. The van der Waals surface area contributed by atoms with Gasteiger partial charge in [-0.3, -0.25) is 4.79 Å². The van der Waals surface area contributed by atoms with Crippen LogP contribution in [0.15, 0.2) is 42.5 Å². The number of carbonyl (C=O) groups is 2. The lowest BCUT2D eigenvalue weighted by molar-refractivity contribution is 0.0700. The van der Waals surface area contributed by atoms with Crippen LogP contribution in [-0.4, -0.2) is 28.9 Å². The Kier molecular flexibility index (Phi) is 5.56. The molecule has 7 heteroatoms. The van der Waals surface area contributed by atoms with E-state index in [0.29, 0.717) is 33.1 Å². The Morgan fingerprint density at radius 3 is 2.39 bits per heavy atom. The molecule has 1 heterocycles. The number of Topliss-reactive ketones (excluding diaryl/α,β-unsaturated/α-hetero) is 1. The van der Waals surface area contributed by atoms with Crippen LogP contribution >= 0.6 is 11.3 Å². The van der Waals surface area contributed by atoms with Crippen molar-refractivity contribution in [2.24, 2.45) is 0 Å². The monoisotopic (exact) mass is 398 g/mol. The van der Waals surface area contributed by atoms with Gasteiger partial charge in [0.15, 0.2) is 10.9 Å². The SMILES string of the molecule is CNc1nc(C(C)c2ccc(-c3ccc(C(C)=O)cc3)c(F)c2)c(C(=O)O)s1. The summed E-state index contributed by atoms with van der Waals surface area (Å²) in [5.41, 5.74) is 2.69. The highest BCUT2D eigenvalue weighted by Gasteiger charge is 2.23. The summed E-state index contributed by atoms with van der Waals surface area (Å²) >= 11 is 1.06. The summed E-state index contributed by atoms with van der Waals surface area (Å²) in [5, 5.41) is 12.8. The van der Waals surface area contributed by atoms with Crippen molar-refractivity contribution in [2.45, 2.75) is 19.8 Å². The van der Waals surface area contributed by atoms with Crippen LogP contribution in [-0.2, 0) is 0 Å². The Bertz CT molecular complexity index is 1040. The van der Waals surface area contributed by atoms with Crippen molar-refractivity contribution >= 4 is 28.2 Å². The molecule has 0 amide bonds. The lowest BCUT2D eigenvalue weighted by atomic mass is 9.94. The molecule has 2 aromatic carbocycles. The average Bonchev–Trinajstić information content (AvgIpc) is 3.12. The molecule has 0 aliphatic rings. The maximum atomic E-state index is 14.8. The first-order valence-electron chi connectivity index (χ1n) is 8.64. The molecule has 0 spiro atoms. The summed E-state index contributed by atoms with van der Waals surface area (Å²) in [7, 11) is 1.67. The van der Waals surface area contributed by atoms with E-state index in [9.17, 15) is 19.1 Å². The van der Waals surface area contributed by atoms with Gasteiger partial charge in [0.2, 0.25) is 0 Å². The minimum atomic E-state index is -1.05. The molecule has 0 aliphatic heterocycles. The predicted molar refractivity (Wildman–Crippen MR) is 108 cm³/mol. The standard InChI is InChI=1S/C21H19FN2O3S/c1-11(18-19(20(26)27)28-21(23-3)24-18)15-8-9-16(17(22)10-15)14-6-4-13(5-7-14)12(2)25/h4-11H,1-3H3,(H,23,24)(H,26,27). The highest BCUT2D eigenvalue weighted by Crippen LogP contribution is 2.34. The zero-order valence-corrected chi connectivity index (χ0v) is 16.4. The molecule has 1 aromatic heterocycles. The molecule has 0 saturated carbocycles. The molecule has 2 N–H and O–H groups in total. The van der Waals surface area contributed by atoms with E-state index in [1.54, 1.807) is 50.4 Å². The third kappa shape index (κ3) is 3.80. The van der Waals surface area contributed by atoms with Crippen molar-refractivity contribution in [3.63, 3.8) is 0 Å². The number of nitrogens with one attached hydrogen (secondary N) is 1. The number of benzene rings is 2. The van der Waals surface area contributed by atoms with Crippen molar-refractivity contribution in [1.82, 2.24) is 4.98 Å². The van der Waals surface area contributed by atoms with Crippen LogP contribution in [0.1, 0.15) is 51.1 Å². The van der Waals surface area contributed by atoms with Crippen LogP contribution in [0.5, 0.6) is 0 Å². The Morgan fingerprint density at radius 2 is 1.86 bits per heavy atom. The topological polar surface area (TPSA) is 79.3 Å². The Morgan fingerprint density at radius 1 is 1.18 bits per heavy atom. The molecule has 1 atom stereocenters. The smallest absolute Gasteiger partial charge is 0.347 e. The number of carboxylic acid groups (broad SMARTS) is 1. The number of aromatic carboxylic acids is 1. The maximum absolute atomic E-state index is 14.8. The van der Waals surface area contributed by atoms with Gasteiger partial charge in [-0.1, -0.05) is 54.7 Å². The second-order valence-electron chi connectivity index (χ2n) is 6.38. The van der Waals surface area contributed by atoms with Gasteiger partial charge >= 0.3 is 5.97 Å². The maximum Gasteiger partial charge on any atom is 0.347 e. The highest BCUT2D eigenvalue weighted by molar-refractivity contribution is 7.17. The van der Waals surface area contributed by atoms with Gasteiger partial charge in [-0.2, -0.15) is 0 Å². The van der Waals surface area contributed by atoms with Crippen molar-refractivity contribution in [2.75, 3.05) is 12.4 Å². The molecule has 0 saturated heterocycles. The average molecular weight is 398 g/mol. The van der Waals surface area contributed by atoms with Crippen molar-refractivity contribution in [1.29, 1.82) is 0 Å². The van der Waals surface area contributed by atoms with Gasteiger partial charge in [-0.05, 0) is 24.1 Å². The van der Waals surface area contributed by atoms with Gasteiger partial charge in [0, 0.05) is 24.1 Å². The van der Waals surface area contributed by atoms with E-state index in [1.165, 1.54) is 13.0 Å². The summed E-state index contributed by atoms with van der Waals surface area (Å²) < 4.78 is 14.8. The number of thiazole rings is 1. The second kappa shape index (κ2) is 7.90. The molecule has 144 valence electrons. The molecule has 0 aliphatic carbocycles. The van der Waals surface area contributed by atoms with Gasteiger partial charge in [0.1, 0.15) is 10.7 Å². The number of rotatable bonds is 6. The number of halogens is 1. The number of hydrogen-bond donors (Lipinski definition) is 2. The fourth-order valence-corrected chi connectivity index (χ4v) is 3.82. The van der Waals surface area contributed by atoms with E-state index in [1.807, 2.05) is 0 Å². The van der Waals surface area contributed by atoms with Gasteiger partial charge in [-0.15, -0.1) is 0 Å². The largest absolute Gasteiger partial charge is 0.477 e. The minimum Gasteiger partial charge on any atom is -0.477 e. The van der Waals surface area contributed by atoms with Crippen molar-refractivity contribution < 1.29 is 19.1 Å². The quantitative estimate of drug-likeness (QED) is 0.569. The molecular formula is C21H19FN2O3S. The summed E-state index contributed by atoms with van der Waals surface area (Å²) in [6.45, 7) is 3.28. The number of ketones is 1. The molecule has 0 radical (unpaired) electrons.